The first-order valence-corrected chi connectivity index (χ1v) is 13.2. The molecule has 2 aromatic carbocycles. The normalized spacial score (nSPS) is 14.2. The predicted molar refractivity (Wildman–Crippen MR) is 143 cm³/mol. The van der Waals surface area contributed by atoms with Crippen LogP contribution in [0.3, 0.4) is 0 Å². The first-order chi connectivity index (χ1) is 17.4. The highest BCUT2D eigenvalue weighted by atomic mass is 16.5. The minimum absolute atomic E-state index is 0.322. The van der Waals surface area contributed by atoms with Crippen LogP contribution < -0.4 is 9.47 Å². The first-order valence-electron chi connectivity index (χ1n) is 13.2. The van der Waals surface area contributed by atoms with E-state index in [0.29, 0.717) is 11.5 Å². The number of ether oxygens (including phenoxy) is 2. The van der Waals surface area contributed by atoms with Crippen LogP contribution in [0.5, 0.6) is 11.5 Å². The van der Waals surface area contributed by atoms with Crippen molar-refractivity contribution in [3.63, 3.8) is 0 Å². The first kappa shape index (κ1) is 26.0. The van der Waals surface area contributed by atoms with Crippen LogP contribution in [-0.2, 0) is 16.1 Å². The van der Waals surface area contributed by atoms with E-state index in [1.54, 1.807) is 0 Å². The van der Waals surface area contributed by atoms with Gasteiger partial charge in [0.1, 0.15) is 11.5 Å². The summed E-state index contributed by atoms with van der Waals surface area (Å²) in [6.45, 7) is 9.62. The fourth-order valence-electron chi connectivity index (χ4n) is 5.32. The average molecular weight is 491 g/mol. The van der Waals surface area contributed by atoms with Crippen LogP contribution in [0.25, 0.3) is 22.2 Å². The number of carbonyl (C=O) groups excluding carboxylic acids is 2. The standard InChI is InChI=1S/C30H38N2O4/c1-22-28-21-27(36-24(3)34)15-16-29(28)32(20-10-5-4-7-17-31-18-8-6-9-19-31)30(22)25-11-13-26(14-12-25)35-23(2)33/h11-16,21H,4-10,17-20H2,1-3H3. The molecule has 0 spiro atoms. The third-order valence-corrected chi connectivity index (χ3v) is 6.99. The van der Waals surface area contributed by atoms with Crippen molar-refractivity contribution in [2.24, 2.45) is 0 Å². The molecule has 0 saturated carbocycles. The van der Waals surface area contributed by atoms with Crippen LogP contribution in [0, 0.1) is 6.92 Å². The van der Waals surface area contributed by atoms with Crippen molar-refractivity contribution in [3.8, 4) is 22.8 Å². The highest BCUT2D eigenvalue weighted by molar-refractivity contribution is 5.93. The van der Waals surface area contributed by atoms with E-state index in [0.717, 1.165) is 40.7 Å². The lowest BCUT2D eigenvalue weighted by molar-refractivity contribution is -0.132. The number of fused-ring (bicyclic) bond motifs is 1. The third kappa shape index (κ3) is 6.55. The Morgan fingerprint density at radius 1 is 0.778 bits per heavy atom. The highest BCUT2D eigenvalue weighted by Gasteiger charge is 2.17. The van der Waals surface area contributed by atoms with Gasteiger partial charge in [0.15, 0.2) is 0 Å². The maximum atomic E-state index is 11.5. The summed E-state index contributed by atoms with van der Waals surface area (Å²) < 4.78 is 13.0. The van der Waals surface area contributed by atoms with Crippen LogP contribution in [-0.4, -0.2) is 41.0 Å². The van der Waals surface area contributed by atoms with Gasteiger partial charge in [0.2, 0.25) is 0 Å². The molecule has 0 bridgehead atoms. The molecule has 0 radical (unpaired) electrons. The Balaban J connectivity index is 1.52. The number of rotatable bonds is 10. The molecule has 1 saturated heterocycles. The lowest BCUT2D eigenvalue weighted by atomic mass is 10.1. The number of esters is 2. The third-order valence-electron chi connectivity index (χ3n) is 6.99. The zero-order chi connectivity index (χ0) is 25.5. The number of nitrogens with zero attached hydrogens (tertiary/aromatic N) is 2. The summed E-state index contributed by atoms with van der Waals surface area (Å²) in [7, 11) is 0. The molecule has 4 rings (SSSR count). The summed E-state index contributed by atoms with van der Waals surface area (Å²) >= 11 is 0. The fourth-order valence-corrected chi connectivity index (χ4v) is 5.32. The van der Waals surface area contributed by atoms with Crippen molar-refractivity contribution >= 4 is 22.8 Å². The lowest BCUT2D eigenvalue weighted by Gasteiger charge is -2.26. The van der Waals surface area contributed by atoms with Crippen molar-refractivity contribution in [2.75, 3.05) is 19.6 Å². The van der Waals surface area contributed by atoms with Crippen LogP contribution in [0.15, 0.2) is 42.5 Å². The minimum Gasteiger partial charge on any atom is -0.427 e. The molecule has 6 heteroatoms. The molecule has 36 heavy (non-hydrogen) atoms. The van der Waals surface area contributed by atoms with Gasteiger partial charge in [0.05, 0.1) is 5.69 Å². The van der Waals surface area contributed by atoms with E-state index in [1.807, 2.05) is 42.5 Å². The van der Waals surface area contributed by atoms with E-state index in [9.17, 15) is 9.59 Å². The number of hydrogen-bond donors (Lipinski definition) is 0. The maximum Gasteiger partial charge on any atom is 0.308 e. The van der Waals surface area contributed by atoms with Gasteiger partial charge in [-0.2, -0.15) is 0 Å². The Kier molecular flexibility index (Phi) is 8.81. The highest BCUT2D eigenvalue weighted by Crippen LogP contribution is 2.36. The topological polar surface area (TPSA) is 60.8 Å². The number of aromatic nitrogens is 1. The van der Waals surface area contributed by atoms with E-state index in [4.69, 9.17) is 9.47 Å². The molecule has 6 nitrogen and oxygen atoms in total. The number of aryl methyl sites for hydroxylation is 2. The Bertz CT molecular complexity index is 1190. The van der Waals surface area contributed by atoms with Crippen LogP contribution in [0.4, 0.5) is 0 Å². The van der Waals surface area contributed by atoms with Gasteiger partial charge in [0, 0.05) is 31.3 Å². The van der Waals surface area contributed by atoms with Gasteiger partial charge in [-0.05, 0) is 106 Å². The number of unbranched alkanes of at least 4 members (excludes halogenated alkanes) is 3. The number of carbonyl (C=O) groups is 2. The van der Waals surface area contributed by atoms with Gasteiger partial charge < -0.3 is 18.9 Å². The molecule has 0 atom stereocenters. The monoisotopic (exact) mass is 490 g/mol. The molecular formula is C30H38N2O4. The maximum absolute atomic E-state index is 11.5. The van der Waals surface area contributed by atoms with Gasteiger partial charge in [-0.3, -0.25) is 9.59 Å². The van der Waals surface area contributed by atoms with Crippen molar-refractivity contribution in [1.29, 1.82) is 0 Å². The zero-order valence-corrected chi connectivity index (χ0v) is 21.8. The Hall–Kier alpha value is -3.12. The molecule has 1 fully saturated rings. The molecule has 0 aliphatic carbocycles. The number of hydrogen-bond acceptors (Lipinski definition) is 5. The molecule has 192 valence electrons. The molecule has 0 N–H and O–H groups in total. The van der Waals surface area contributed by atoms with Gasteiger partial charge in [0.25, 0.3) is 0 Å². The Morgan fingerprint density at radius 2 is 1.39 bits per heavy atom. The molecule has 1 aromatic heterocycles. The molecule has 0 amide bonds. The summed E-state index contributed by atoms with van der Waals surface area (Å²) in [4.78, 5) is 25.4. The SMILES string of the molecule is CC(=O)Oc1ccc(-c2c(C)c3cc(OC(C)=O)ccc3n2CCCCCCN2CCCCC2)cc1. The molecule has 1 aliphatic heterocycles. The van der Waals surface area contributed by atoms with E-state index in [2.05, 4.69) is 16.4 Å². The van der Waals surface area contributed by atoms with Gasteiger partial charge in [-0.25, -0.2) is 0 Å². The fraction of sp³-hybridized carbons (Fsp3) is 0.467. The van der Waals surface area contributed by atoms with Crippen molar-refractivity contribution < 1.29 is 19.1 Å². The molecule has 2 heterocycles. The second-order valence-corrected chi connectivity index (χ2v) is 9.83. The molecular weight excluding hydrogens is 452 g/mol. The second kappa shape index (κ2) is 12.2. The number of likely N-dealkylation sites (tertiary alicyclic amines) is 1. The summed E-state index contributed by atoms with van der Waals surface area (Å²) in [5, 5.41) is 1.08. The Morgan fingerprint density at radius 3 is 2.06 bits per heavy atom. The minimum atomic E-state index is -0.327. The predicted octanol–water partition coefficient (Wildman–Crippen LogP) is 6.51. The van der Waals surface area contributed by atoms with Gasteiger partial charge >= 0.3 is 11.9 Å². The van der Waals surface area contributed by atoms with E-state index < -0.39 is 0 Å². The summed E-state index contributed by atoms with van der Waals surface area (Å²) in [6.07, 6.45) is 8.90. The molecule has 3 aromatic rings. The van der Waals surface area contributed by atoms with E-state index >= 15 is 0 Å². The van der Waals surface area contributed by atoms with Gasteiger partial charge in [-0.15, -0.1) is 0 Å². The Labute approximate surface area is 214 Å². The number of benzene rings is 2. The van der Waals surface area contributed by atoms with Crippen molar-refractivity contribution in [1.82, 2.24) is 9.47 Å². The van der Waals surface area contributed by atoms with E-state index in [1.165, 1.54) is 72.0 Å². The average Bonchev–Trinajstić information content (AvgIpc) is 3.12. The van der Waals surface area contributed by atoms with Crippen molar-refractivity contribution in [2.45, 2.75) is 72.3 Å². The molecule has 1 aliphatic rings. The van der Waals surface area contributed by atoms with Crippen molar-refractivity contribution in [3.05, 3.63) is 48.0 Å². The lowest BCUT2D eigenvalue weighted by Crippen LogP contribution is -2.30. The van der Waals surface area contributed by atoms with E-state index in [-0.39, 0.29) is 11.9 Å². The molecule has 0 unspecified atom stereocenters. The summed E-state index contributed by atoms with van der Waals surface area (Å²) in [5.74, 6) is 0.450. The largest absolute Gasteiger partial charge is 0.427 e. The zero-order valence-electron chi connectivity index (χ0n) is 21.8. The van der Waals surface area contributed by atoms with Crippen LogP contribution in [0.1, 0.15) is 64.4 Å². The quantitative estimate of drug-likeness (QED) is 0.184. The summed E-state index contributed by atoms with van der Waals surface area (Å²) in [6, 6.07) is 13.5. The van der Waals surface area contributed by atoms with Crippen LogP contribution >= 0.6 is 0 Å². The summed E-state index contributed by atoms with van der Waals surface area (Å²) in [5.41, 5.74) is 4.49. The number of piperidine rings is 1. The second-order valence-electron chi connectivity index (χ2n) is 9.83. The van der Waals surface area contributed by atoms with Gasteiger partial charge in [-0.1, -0.05) is 19.3 Å². The smallest absolute Gasteiger partial charge is 0.308 e. The van der Waals surface area contributed by atoms with Crippen LogP contribution in [0.2, 0.25) is 0 Å².